The predicted molar refractivity (Wildman–Crippen MR) is 197 cm³/mol. The van der Waals surface area contributed by atoms with E-state index in [0.29, 0.717) is 58.8 Å². The number of pyridine rings is 1. The summed E-state index contributed by atoms with van der Waals surface area (Å²) in [6.45, 7) is 4.81. The first-order chi connectivity index (χ1) is 24.7. The Hall–Kier alpha value is -5.54. The van der Waals surface area contributed by atoms with Crippen molar-refractivity contribution in [3.05, 3.63) is 94.0 Å². The van der Waals surface area contributed by atoms with E-state index in [4.69, 9.17) is 0 Å². The molecule has 0 aliphatic carbocycles. The summed E-state index contributed by atoms with van der Waals surface area (Å²) in [6, 6.07) is 19.4. The van der Waals surface area contributed by atoms with E-state index >= 15 is 0 Å². The molecule has 5 heterocycles. The van der Waals surface area contributed by atoms with Crippen molar-refractivity contribution >= 4 is 62.4 Å². The number of aromatic nitrogens is 1. The van der Waals surface area contributed by atoms with Gasteiger partial charge in [0.15, 0.2) is 0 Å². The normalized spacial score (nSPS) is 18.8. The van der Waals surface area contributed by atoms with Crippen LogP contribution in [0.25, 0.3) is 10.2 Å². The van der Waals surface area contributed by atoms with Crippen LogP contribution in [0.1, 0.15) is 59.0 Å². The molecule has 2 saturated heterocycles. The number of nitriles is 1. The van der Waals surface area contributed by atoms with Crippen LogP contribution >= 0.6 is 11.3 Å². The number of aryl methyl sites for hydroxylation is 3. The molecular formula is C39H39N7O4S. The number of hydrogen-bond acceptors (Lipinski definition) is 7. The van der Waals surface area contributed by atoms with Crippen molar-refractivity contribution in [3.63, 3.8) is 0 Å². The highest BCUT2D eigenvalue weighted by molar-refractivity contribution is 7.21. The molecule has 2 fully saturated rings. The fraction of sp³-hybridized carbons (Fsp3) is 0.333. The maximum absolute atomic E-state index is 13.8. The van der Waals surface area contributed by atoms with Crippen LogP contribution in [-0.2, 0) is 22.4 Å². The Bertz CT molecular complexity index is 2100. The molecule has 3 aliphatic heterocycles. The van der Waals surface area contributed by atoms with Gasteiger partial charge in [-0.25, -0.2) is 9.78 Å². The fourth-order valence-electron chi connectivity index (χ4n) is 7.45. The monoisotopic (exact) mass is 701 g/mol. The van der Waals surface area contributed by atoms with Gasteiger partial charge in [0, 0.05) is 38.8 Å². The van der Waals surface area contributed by atoms with Gasteiger partial charge in [-0.05, 0) is 80.3 Å². The molecule has 0 spiro atoms. The molecule has 2 atom stereocenters. The van der Waals surface area contributed by atoms with Crippen LogP contribution in [0.2, 0.25) is 0 Å². The molecule has 4 aromatic rings. The topological polar surface area (TPSA) is 139 Å². The zero-order chi connectivity index (χ0) is 35.6. The van der Waals surface area contributed by atoms with E-state index in [1.807, 2.05) is 37.3 Å². The van der Waals surface area contributed by atoms with Gasteiger partial charge in [-0.2, -0.15) is 5.26 Å². The van der Waals surface area contributed by atoms with E-state index in [-0.39, 0.29) is 42.0 Å². The van der Waals surface area contributed by atoms with E-state index in [1.54, 1.807) is 33.0 Å². The highest BCUT2D eigenvalue weighted by Gasteiger charge is 2.35. The van der Waals surface area contributed by atoms with E-state index in [0.717, 1.165) is 30.5 Å². The molecule has 11 nitrogen and oxygen atoms in total. The van der Waals surface area contributed by atoms with Crippen molar-refractivity contribution in [2.24, 2.45) is 0 Å². The highest BCUT2D eigenvalue weighted by Crippen LogP contribution is 2.46. The molecule has 51 heavy (non-hydrogen) atoms. The third-order valence-corrected chi connectivity index (χ3v) is 11.1. The first-order valence-corrected chi connectivity index (χ1v) is 18.2. The van der Waals surface area contributed by atoms with Gasteiger partial charge in [0.05, 0.1) is 28.5 Å². The van der Waals surface area contributed by atoms with Gasteiger partial charge >= 0.3 is 6.03 Å². The Morgan fingerprint density at radius 1 is 1.04 bits per heavy atom. The maximum atomic E-state index is 13.8. The van der Waals surface area contributed by atoms with E-state index in [2.05, 4.69) is 39.9 Å². The minimum absolute atomic E-state index is 0.0111. The van der Waals surface area contributed by atoms with Gasteiger partial charge in [-0.3, -0.25) is 19.3 Å². The largest absolute Gasteiger partial charge is 0.347 e. The van der Waals surface area contributed by atoms with Gasteiger partial charge in [0.1, 0.15) is 21.3 Å². The lowest BCUT2D eigenvalue weighted by Crippen LogP contribution is -2.50. The maximum Gasteiger partial charge on any atom is 0.331 e. The number of carbonyl (C=O) groups excluding carboxylic acids is 4. The van der Waals surface area contributed by atoms with Gasteiger partial charge in [-0.15, -0.1) is 11.3 Å². The third kappa shape index (κ3) is 6.81. The number of urea groups is 1. The summed E-state index contributed by atoms with van der Waals surface area (Å²) in [5.41, 5.74) is 5.27. The smallest absolute Gasteiger partial charge is 0.331 e. The summed E-state index contributed by atoms with van der Waals surface area (Å²) < 4.78 is 0. The summed E-state index contributed by atoms with van der Waals surface area (Å²) in [5, 5.41) is 16.6. The lowest BCUT2D eigenvalue weighted by atomic mass is 10.0. The lowest BCUT2D eigenvalue weighted by Gasteiger charge is -2.33. The number of rotatable bonds is 8. The van der Waals surface area contributed by atoms with Crippen molar-refractivity contribution in [1.29, 1.82) is 5.26 Å². The lowest BCUT2D eigenvalue weighted by molar-refractivity contribution is -0.130. The molecule has 0 saturated carbocycles. The van der Waals surface area contributed by atoms with Gasteiger partial charge < -0.3 is 20.4 Å². The van der Waals surface area contributed by atoms with Crippen LogP contribution < -0.4 is 15.5 Å². The number of hydrogen-bond donors (Lipinski definition) is 2. The Labute approximate surface area is 300 Å². The quantitative estimate of drug-likeness (QED) is 0.164. The highest BCUT2D eigenvalue weighted by atomic mass is 32.1. The summed E-state index contributed by atoms with van der Waals surface area (Å²) >= 11 is 1.22. The molecule has 0 radical (unpaired) electrons. The molecule has 260 valence electrons. The second-order valence-corrected chi connectivity index (χ2v) is 14.4. The number of likely N-dealkylation sites (tertiary alicyclic amines) is 2. The molecular weight excluding hydrogens is 663 g/mol. The van der Waals surface area contributed by atoms with Gasteiger partial charge in [0.2, 0.25) is 5.91 Å². The van der Waals surface area contributed by atoms with Gasteiger partial charge in [-0.1, -0.05) is 42.5 Å². The van der Waals surface area contributed by atoms with Crippen molar-refractivity contribution in [2.75, 3.05) is 29.9 Å². The minimum atomic E-state index is -0.399. The Kier molecular flexibility index (Phi) is 9.56. The zero-order valence-corrected chi connectivity index (χ0v) is 29.5. The average Bonchev–Trinajstić information content (AvgIpc) is 3.76. The molecule has 5 amide bonds. The second-order valence-electron chi connectivity index (χ2n) is 13.4. The van der Waals surface area contributed by atoms with Crippen LogP contribution in [0.4, 0.5) is 21.9 Å². The average molecular weight is 702 g/mol. The molecule has 2 aromatic carbocycles. The summed E-state index contributed by atoms with van der Waals surface area (Å²) in [4.78, 5) is 63.5. The van der Waals surface area contributed by atoms with E-state index in [9.17, 15) is 24.4 Å². The fourth-order valence-corrected chi connectivity index (χ4v) is 8.47. The molecule has 2 aromatic heterocycles. The molecule has 3 aliphatic rings. The Morgan fingerprint density at radius 3 is 2.59 bits per heavy atom. The van der Waals surface area contributed by atoms with E-state index in [1.165, 1.54) is 29.4 Å². The number of piperidine rings is 1. The van der Waals surface area contributed by atoms with Crippen LogP contribution in [-0.4, -0.2) is 70.3 Å². The minimum Gasteiger partial charge on any atom is -0.347 e. The number of carbonyl (C=O) groups is 4. The van der Waals surface area contributed by atoms with Crippen LogP contribution in [0.15, 0.2) is 72.4 Å². The SMILES string of the molecule is CC(=O)N1CCC[C@H]1/C=C(\C#N)C(=O)N1CCC[C@@H](NC(=O)c2sc3nccc4c3c2NC(=O)N4c2ccc(CCc3ccccc3)cc2C)C1. The van der Waals surface area contributed by atoms with Crippen LogP contribution in [0.5, 0.6) is 0 Å². The summed E-state index contributed by atoms with van der Waals surface area (Å²) in [5.74, 6) is -0.834. The molecule has 12 heteroatoms. The molecule has 0 bridgehead atoms. The number of anilines is 3. The number of benzene rings is 2. The number of nitrogens with one attached hydrogen (secondary N) is 2. The standard InChI is InChI=1S/C39H39N7O4S/c1-24-20-27(13-12-26-8-4-3-5-9-26)14-15-31(24)46-32-16-17-41-37-33(32)34(43-39(46)50)35(51-37)36(48)42-29-10-6-18-44(23-29)38(49)28(22-40)21-30-11-7-19-45(30)25(2)47/h3-5,8-9,14-17,20-21,29-30H,6-7,10-13,18-19,23H2,1-2H3,(H,42,48)(H,43,50)/b28-21+/t29-,30+/m1/s1. The number of amides is 5. The van der Waals surface area contributed by atoms with Crippen LogP contribution in [0, 0.1) is 18.3 Å². The van der Waals surface area contributed by atoms with Crippen molar-refractivity contribution in [1.82, 2.24) is 20.1 Å². The Balaban J connectivity index is 1.07. The Morgan fingerprint density at radius 2 is 1.82 bits per heavy atom. The van der Waals surface area contributed by atoms with Crippen LogP contribution in [0.3, 0.4) is 0 Å². The van der Waals surface area contributed by atoms with Crippen molar-refractivity contribution < 1.29 is 19.2 Å². The van der Waals surface area contributed by atoms with Crippen molar-refractivity contribution in [3.8, 4) is 6.07 Å². The molecule has 7 rings (SSSR count). The first-order valence-electron chi connectivity index (χ1n) is 17.4. The zero-order valence-electron chi connectivity index (χ0n) is 28.6. The molecule has 0 unspecified atom stereocenters. The predicted octanol–water partition coefficient (Wildman–Crippen LogP) is 6.26. The number of nitrogens with zero attached hydrogens (tertiary/aromatic N) is 5. The number of thiophene rings is 1. The van der Waals surface area contributed by atoms with Crippen molar-refractivity contribution in [2.45, 2.75) is 64.5 Å². The second kappa shape index (κ2) is 14.4. The van der Waals surface area contributed by atoms with E-state index < -0.39 is 5.91 Å². The molecule has 2 N–H and O–H groups in total. The first kappa shape index (κ1) is 33.9. The third-order valence-electron chi connectivity index (χ3n) is 9.96. The summed E-state index contributed by atoms with van der Waals surface area (Å²) in [7, 11) is 0. The summed E-state index contributed by atoms with van der Waals surface area (Å²) in [6.07, 6.45) is 7.91. The van der Waals surface area contributed by atoms with Gasteiger partial charge in [0.25, 0.3) is 11.8 Å².